The molecule has 0 atom stereocenters. The monoisotopic (exact) mass is 438 g/mol. The third kappa shape index (κ3) is 3.89. The summed E-state index contributed by atoms with van der Waals surface area (Å²) in [5.41, 5.74) is 2.39. The van der Waals surface area contributed by atoms with Crippen LogP contribution in [0.2, 0.25) is 5.02 Å². The first-order valence-corrected chi connectivity index (χ1v) is 9.85. The molecule has 0 bridgehead atoms. The van der Waals surface area contributed by atoms with Crippen LogP contribution in [-0.2, 0) is 6.54 Å². The average molecular weight is 439 g/mol. The minimum atomic E-state index is -0.530. The fourth-order valence-corrected chi connectivity index (χ4v) is 3.49. The number of halogens is 1. The van der Waals surface area contributed by atoms with Crippen molar-refractivity contribution < 1.29 is 9.52 Å². The zero-order valence-electron chi connectivity index (χ0n) is 17.1. The summed E-state index contributed by atoms with van der Waals surface area (Å²) in [4.78, 5) is 24.7. The zero-order valence-corrected chi connectivity index (χ0v) is 17.8. The van der Waals surface area contributed by atoms with Crippen molar-refractivity contribution in [3.63, 3.8) is 0 Å². The molecule has 0 spiro atoms. The Morgan fingerprint density at radius 2 is 1.84 bits per heavy atom. The number of aromatic amines is 1. The first-order chi connectivity index (χ1) is 14.7. The van der Waals surface area contributed by atoms with E-state index < -0.39 is 11.2 Å². The molecule has 0 aliphatic carbocycles. The van der Waals surface area contributed by atoms with Crippen LogP contribution in [-0.4, -0.2) is 14.9 Å². The fraction of sp³-hybridized carbons (Fsp3) is 0.182. The Kier molecular flexibility index (Phi) is 5.24. The van der Waals surface area contributed by atoms with Crippen molar-refractivity contribution in [1.29, 1.82) is 0 Å². The van der Waals surface area contributed by atoms with Crippen molar-refractivity contribution in [1.82, 2.24) is 9.78 Å². The Labute approximate surface area is 181 Å². The number of H-pyrrole nitrogens is 1. The number of nitrogens with one attached hydrogen (secondary N) is 1. The number of nitrogens with zero attached hydrogens (tertiary/aromatic N) is 3. The SMILES string of the molecule is Cc1ccc(N=Nc2c(C)[nH]n(Cc3c(O)ccc4c(C)cc(=O)oc34)c2=O)cc1Cl. The van der Waals surface area contributed by atoms with Crippen LogP contribution in [0.3, 0.4) is 0 Å². The fourth-order valence-electron chi connectivity index (χ4n) is 3.32. The molecule has 0 aliphatic heterocycles. The minimum Gasteiger partial charge on any atom is -0.507 e. The maximum Gasteiger partial charge on any atom is 0.336 e. The van der Waals surface area contributed by atoms with Crippen LogP contribution in [0.4, 0.5) is 11.4 Å². The van der Waals surface area contributed by atoms with Gasteiger partial charge in [-0.15, -0.1) is 5.11 Å². The first-order valence-electron chi connectivity index (χ1n) is 9.47. The Morgan fingerprint density at radius 1 is 1.06 bits per heavy atom. The van der Waals surface area contributed by atoms with Gasteiger partial charge in [-0.1, -0.05) is 17.7 Å². The molecular formula is C22H19ClN4O4. The van der Waals surface area contributed by atoms with Gasteiger partial charge in [-0.2, -0.15) is 5.11 Å². The lowest BCUT2D eigenvalue weighted by atomic mass is 10.1. The highest BCUT2D eigenvalue weighted by Crippen LogP contribution is 2.29. The molecular weight excluding hydrogens is 420 g/mol. The lowest BCUT2D eigenvalue weighted by Crippen LogP contribution is -2.17. The molecule has 0 aliphatic rings. The van der Waals surface area contributed by atoms with Crippen LogP contribution in [0.25, 0.3) is 11.0 Å². The van der Waals surface area contributed by atoms with Crippen LogP contribution >= 0.6 is 11.6 Å². The van der Waals surface area contributed by atoms with E-state index in [2.05, 4.69) is 15.3 Å². The van der Waals surface area contributed by atoms with Gasteiger partial charge >= 0.3 is 5.63 Å². The molecule has 2 aromatic carbocycles. The Balaban J connectivity index is 1.74. The normalized spacial score (nSPS) is 11.6. The molecule has 2 aromatic heterocycles. The number of hydrogen-bond donors (Lipinski definition) is 2. The van der Waals surface area contributed by atoms with E-state index in [1.807, 2.05) is 13.0 Å². The van der Waals surface area contributed by atoms with Crippen LogP contribution in [0, 0.1) is 20.8 Å². The van der Waals surface area contributed by atoms with Gasteiger partial charge < -0.3 is 9.52 Å². The molecule has 158 valence electrons. The second-order valence-electron chi connectivity index (χ2n) is 7.30. The van der Waals surface area contributed by atoms with Gasteiger partial charge in [0.25, 0.3) is 5.56 Å². The van der Waals surface area contributed by atoms with E-state index in [4.69, 9.17) is 16.0 Å². The lowest BCUT2D eigenvalue weighted by molar-refractivity contribution is 0.459. The molecule has 0 fully saturated rings. The highest BCUT2D eigenvalue weighted by atomic mass is 35.5. The number of aryl methyl sites for hydroxylation is 3. The van der Waals surface area contributed by atoms with Crippen molar-refractivity contribution >= 4 is 33.9 Å². The van der Waals surface area contributed by atoms with E-state index in [1.165, 1.54) is 16.8 Å². The number of fused-ring (bicyclic) bond motifs is 1. The smallest absolute Gasteiger partial charge is 0.336 e. The summed E-state index contributed by atoms with van der Waals surface area (Å²) in [6.07, 6.45) is 0. The number of phenolic OH excluding ortho intramolecular Hbond substituents is 1. The summed E-state index contributed by atoms with van der Waals surface area (Å²) in [7, 11) is 0. The molecule has 0 saturated heterocycles. The molecule has 0 amide bonds. The van der Waals surface area contributed by atoms with Crippen molar-refractivity contribution in [3.8, 4) is 5.75 Å². The number of aromatic hydroxyl groups is 1. The topological polar surface area (TPSA) is 113 Å². The average Bonchev–Trinajstić information content (AvgIpc) is 2.98. The van der Waals surface area contributed by atoms with E-state index in [1.54, 1.807) is 32.0 Å². The van der Waals surface area contributed by atoms with Gasteiger partial charge in [0.2, 0.25) is 0 Å². The summed E-state index contributed by atoms with van der Waals surface area (Å²) < 4.78 is 6.61. The van der Waals surface area contributed by atoms with Gasteiger partial charge in [0.05, 0.1) is 23.5 Å². The number of phenols is 1. The minimum absolute atomic E-state index is 0.0406. The molecule has 31 heavy (non-hydrogen) atoms. The maximum atomic E-state index is 12.9. The Hall–Kier alpha value is -3.65. The maximum absolute atomic E-state index is 12.9. The number of aromatic nitrogens is 2. The van der Waals surface area contributed by atoms with Gasteiger partial charge in [-0.25, -0.2) is 9.48 Å². The standard InChI is InChI=1S/C22H19ClN4O4/c1-11-4-5-14(9-17(11)23)24-25-20-13(3)26-27(22(20)30)10-16-18(28)7-6-15-12(2)8-19(29)31-21(15)16/h4-9,26,28H,10H2,1-3H3. The van der Waals surface area contributed by atoms with Crippen molar-refractivity contribution in [2.75, 3.05) is 0 Å². The molecule has 9 heteroatoms. The molecule has 0 saturated carbocycles. The van der Waals surface area contributed by atoms with Gasteiger partial charge in [0.1, 0.15) is 11.3 Å². The van der Waals surface area contributed by atoms with Gasteiger partial charge in [-0.05, 0) is 56.2 Å². The molecule has 0 unspecified atom stereocenters. The summed E-state index contributed by atoms with van der Waals surface area (Å²) in [5, 5.41) is 22.7. The molecule has 0 radical (unpaired) electrons. The van der Waals surface area contributed by atoms with Gasteiger partial charge in [0, 0.05) is 16.5 Å². The van der Waals surface area contributed by atoms with Crippen LogP contribution in [0.5, 0.6) is 5.75 Å². The van der Waals surface area contributed by atoms with Crippen LogP contribution < -0.4 is 11.2 Å². The quantitative estimate of drug-likeness (QED) is 0.343. The molecule has 4 aromatic rings. The van der Waals surface area contributed by atoms with E-state index in [0.717, 1.165) is 5.56 Å². The third-order valence-electron chi connectivity index (χ3n) is 5.04. The summed E-state index contributed by atoms with van der Waals surface area (Å²) in [6.45, 7) is 5.31. The number of hydrogen-bond acceptors (Lipinski definition) is 6. The van der Waals surface area contributed by atoms with Gasteiger partial charge in [-0.3, -0.25) is 9.89 Å². The summed E-state index contributed by atoms with van der Waals surface area (Å²) in [5.74, 6) is -0.0853. The second kappa shape index (κ2) is 7.88. The summed E-state index contributed by atoms with van der Waals surface area (Å²) in [6, 6.07) is 9.79. The van der Waals surface area contributed by atoms with Crippen LogP contribution in [0.15, 0.2) is 60.6 Å². The largest absolute Gasteiger partial charge is 0.507 e. The number of rotatable bonds is 4. The van der Waals surface area contributed by atoms with Crippen molar-refractivity contribution in [3.05, 3.63) is 84.6 Å². The third-order valence-corrected chi connectivity index (χ3v) is 5.45. The highest BCUT2D eigenvalue weighted by molar-refractivity contribution is 6.31. The van der Waals surface area contributed by atoms with E-state index in [-0.39, 0.29) is 23.6 Å². The molecule has 4 rings (SSSR count). The van der Waals surface area contributed by atoms with Gasteiger partial charge in [0.15, 0.2) is 5.69 Å². The number of benzene rings is 2. The predicted octanol–water partition coefficient (Wildman–Crippen LogP) is 5.03. The zero-order chi connectivity index (χ0) is 22.3. The van der Waals surface area contributed by atoms with Crippen LogP contribution in [0.1, 0.15) is 22.4 Å². The molecule has 2 N–H and O–H groups in total. The predicted molar refractivity (Wildman–Crippen MR) is 118 cm³/mol. The second-order valence-corrected chi connectivity index (χ2v) is 7.71. The van der Waals surface area contributed by atoms with Crippen molar-refractivity contribution in [2.45, 2.75) is 27.3 Å². The molecule has 8 nitrogen and oxygen atoms in total. The number of azo groups is 1. The Morgan fingerprint density at radius 3 is 2.58 bits per heavy atom. The van der Waals surface area contributed by atoms with Crippen molar-refractivity contribution in [2.24, 2.45) is 10.2 Å². The lowest BCUT2D eigenvalue weighted by Gasteiger charge is -2.09. The Bertz CT molecular complexity index is 1460. The first kappa shape index (κ1) is 20.6. The molecule has 2 heterocycles. The van der Waals surface area contributed by atoms with E-state index in [0.29, 0.717) is 32.9 Å². The van der Waals surface area contributed by atoms with E-state index in [9.17, 15) is 14.7 Å². The summed E-state index contributed by atoms with van der Waals surface area (Å²) >= 11 is 6.11. The van der Waals surface area contributed by atoms with E-state index >= 15 is 0 Å². The highest BCUT2D eigenvalue weighted by Gasteiger charge is 2.17.